The van der Waals surface area contributed by atoms with E-state index in [2.05, 4.69) is 6.92 Å². The number of carbonyl (C=O) groups is 1. The van der Waals surface area contributed by atoms with Crippen molar-refractivity contribution in [3.63, 3.8) is 0 Å². The van der Waals surface area contributed by atoms with Crippen LogP contribution in [-0.2, 0) is 22.5 Å². The van der Waals surface area contributed by atoms with Gasteiger partial charge in [0, 0.05) is 20.0 Å². The molecule has 5 heteroatoms. The Morgan fingerprint density at radius 1 is 1.29 bits per heavy atom. The van der Waals surface area contributed by atoms with Crippen LogP contribution in [0.2, 0.25) is 0 Å². The zero-order valence-corrected chi connectivity index (χ0v) is 14.1. The number of rotatable bonds is 11. The number of unbranched alkanes of at least 4 members (excludes halogenated alkanes) is 5. The predicted molar refractivity (Wildman–Crippen MR) is 84.4 cm³/mol. The molecule has 0 atom stereocenters. The van der Waals surface area contributed by atoms with Gasteiger partial charge in [-0.05, 0) is 6.42 Å². The summed E-state index contributed by atoms with van der Waals surface area (Å²) in [5, 5.41) is 8.96. The highest BCUT2D eigenvalue weighted by Crippen LogP contribution is 2.11. The number of thiazole rings is 1. The average molecular weight is 314 g/mol. The first kappa shape index (κ1) is 18.1. The lowest BCUT2D eigenvalue weighted by molar-refractivity contribution is -0.687. The third-order valence-corrected chi connectivity index (χ3v) is 4.70. The number of aliphatic hydroxyl groups excluding tert-OH is 1. The molecule has 21 heavy (non-hydrogen) atoms. The maximum Gasteiger partial charge on any atom is 0.372 e. The number of hydrogen-bond donors (Lipinski definition) is 1. The highest BCUT2D eigenvalue weighted by atomic mass is 32.1. The molecule has 0 unspecified atom stereocenters. The molecule has 0 amide bonds. The van der Waals surface area contributed by atoms with E-state index in [0.29, 0.717) is 13.0 Å². The Labute approximate surface area is 131 Å². The minimum Gasteiger partial charge on any atom is -0.461 e. The molecule has 4 nitrogen and oxygen atoms in total. The SMILES string of the molecule is CCCCCCCCOC(=O)C[n+]1csc(CCO)c1C. The van der Waals surface area contributed by atoms with E-state index in [1.807, 2.05) is 17.0 Å². The summed E-state index contributed by atoms with van der Waals surface area (Å²) in [6.07, 6.45) is 7.80. The number of ether oxygens (including phenoxy) is 1. The molecule has 1 aromatic rings. The third kappa shape index (κ3) is 7.05. The van der Waals surface area contributed by atoms with E-state index in [9.17, 15) is 4.79 Å². The highest BCUT2D eigenvalue weighted by Gasteiger charge is 2.18. The van der Waals surface area contributed by atoms with Gasteiger partial charge in [0.05, 0.1) is 11.5 Å². The average Bonchev–Trinajstić information content (AvgIpc) is 2.80. The van der Waals surface area contributed by atoms with Gasteiger partial charge in [-0.1, -0.05) is 50.4 Å². The van der Waals surface area contributed by atoms with Gasteiger partial charge in [-0.15, -0.1) is 0 Å². The molecule has 0 bridgehead atoms. The molecule has 0 fully saturated rings. The van der Waals surface area contributed by atoms with Gasteiger partial charge in [0.25, 0.3) is 0 Å². The van der Waals surface area contributed by atoms with Gasteiger partial charge >= 0.3 is 5.97 Å². The number of nitrogens with zero attached hydrogens (tertiary/aromatic N) is 1. The lowest BCUT2D eigenvalue weighted by Gasteiger charge is -2.03. The highest BCUT2D eigenvalue weighted by molar-refractivity contribution is 7.09. The van der Waals surface area contributed by atoms with E-state index in [0.717, 1.165) is 23.4 Å². The smallest absolute Gasteiger partial charge is 0.372 e. The number of carbonyl (C=O) groups excluding carboxylic acids is 1. The lowest BCUT2D eigenvalue weighted by atomic mass is 10.1. The quantitative estimate of drug-likeness (QED) is 0.388. The summed E-state index contributed by atoms with van der Waals surface area (Å²) < 4.78 is 7.17. The summed E-state index contributed by atoms with van der Waals surface area (Å²) >= 11 is 1.58. The van der Waals surface area contributed by atoms with Crippen LogP contribution in [0.1, 0.15) is 56.0 Å². The van der Waals surface area contributed by atoms with Crippen molar-refractivity contribution in [1.82, 2.24) is 0 Å². The van der Waals surface area contributed by atoms with E-state index < -0.39 is 0 Å². The first-order chi connectivity index (χ1) is 10.2. The molecule has 1 aromatic heterocycles. The molecule has 1 heterocycles. The second kappa shape index (κ2) is 10.7. The fourth-order valence-corrected chi connectivity index (χ4v) is 3.19. The van der Waals surface area contributed by atoms with E-state index in [1.54, 1.807) is 11.3 Å². The van der Waals surface area contributed by atoms with Crippen LogP contribution in [0.15, 0.2) is 5.51 Å². The van der Waals surface area contributed by atoms with Crippen LogP contribution >= 0.6 is 11.3 Å². The van der Waals surface area contributed by atoms with Gasteiger partial charge in [-0.3, -0.25) is 0 Å². The van der Waals surface area contributed by atoms with Crippen molar-refractivity contribution in [3.05, 3.63) is 16.1 Å². The number of hydrogen-bond acceptors (Lipinski definition) is 4. The molecule has 0 aliphatic rings. The van der Waals surface area contributed by atoms with E-state index in [-0.39, 0.29) is 19.1 Å². The Balaban J connectivity index is 2.19. The largest absolute Gasteiger partial charge is 0.461 e. The second-order valence-corrected chi connectivity index (χ2v) is 6.26. The van der Waals surface area contributed by atoms with Crippen molar-refractivity contribution in [3.8, 4) is 0 Å². The minimum absolute atomic E-state index is 0.143. The molecule has 0 radical (unpaired) electrons. The summed E-state index contributed by atoms with van der Waals surface area (Å²) in [7, 11) is 0. The third-order valence-electron chi connectivity index (χ3n) is 3.56. The molecular formula is C16H28NO3S+. The summed E-state index contributed by atoms with van der Waals surface area (Å²) in [6, 6.07) is 0. The Morgan fingerprint density at radius 2 is 2.00 bits per heavy atom. The van der Waals surface area contributed by atoms with E-state index in [4.69, 9.17) is 9.84 Å². The van der Waals surface area contributed by atoms with Gasteiger partial charge < -0.3 is 9.84 Å². The zero-order chi connectivity index (χ0) is 15.5. The monoisotopic (exact) mass is 314 g/mol. The maximum absolute atomic E-state index is 11.8. The topological polar surface area (TPSA) is 50.4 Å². The Bertz CT molecular complexity index is 418. The van der Waals surface area contributed by atoms with Gasteiger partial charge in [-0.2, -0.15) is 4.57 Å². The first-order valence-electron chi connectivity index (χ1n) is 7.92. The van der Waals surface area contributed by atoms with Gasteiger partial charge in [0.2, 0.25) is 12.1 Å². The molecule has 1 rings (SSSR count). The van der Waals surface area contributed by atoms with Crippen LogP contribution in [0, 0.1) is 6.92 Å². The van der Waals surface area contributed by atoms with Crippen molar-refractivity contribution in [2.45, 2.75) is 65.3 Å². The van der Waals surface area contributed by atoms with Crippen molar-refractivity contribution in [2.24, 2.45) is 0 Å². The van der Waals surface area contributed by atoms with Crippen LogP contribution in [-0.4, -0.2) is 24.3 Å². The minimum atomic E-state index is -0.176. The van der Waals surface area contributed by atoms with Crippen LogP contribution in [0.5, 0.6) is 0 Å². The molecule has 0 aliphatic heterocycles. The van der Waals surface area contributed by atoms with Crippen molar-refractivity contribution >= 4 is 17.3 Å². The Hall–Kier alpha value is -0.940. The number of aromatic nitrogens is 1. The van der Waals surface area contributed by atoms with Crippen LogP contribution in [0.3, 0.4) is 0 Å². The molecule has 0 aliphatic carbocycles. The van der Waals surface area contributed by atoms with Gasteiger partial charge in [0.15, 0.2) is 5.69 Å². The van der Waals surface area contributed by atoms with Crippen molar-refractivity contribution in [1.29, 1.82) is 0 Å². The Morgan fingerprint density at radius 3 is 2.71 bits per heavy atom. The van der Waals surface area contributed by atoms with Crippen molar-refractivity contribution in [2.75, 3.05) is 13.2 Å². The zero-order valence-electron chi connectivity index (χ0n) is 13.3. The second-order valence-electron chi connectivity index (χ2n) is 5.32. The van der Waals surface area contributed by atoms with E-state index in [1.165, 1.54) is 25.7 Å². The molecule has 0 saturated carbocycles. The molecule has 0 spiro atoms. The van der Waals surface area contributed by atoms with Crippen LogP contribution in [0.25, 0.3) is 0 Å². The summed E-state index contributed by atoms with van der Waals surface area (Å²) in [5.41, 5.74) is 2.97. The van der Waals surface area contributed by atoms with Crippen LogP contribution < -0.4 is 4.57 Å². The fraction of sp³-hybridized carbons (Fsp3) is 0.750. The summed E-state index contributed by atoms with van der Waals surface area (Å²) in [6.45, 7) is 5.12. The lowest BCUT2D eigenvalue weighted by Crippen LogP contribution is -2.39. The molecule has 0 aromatic carbocycles. The van der Waals surface area contributed by atoms with Crippen LogP contribution in [0.4, 0.5) is 0 Å². The Kier molecular flexibility index (Phi) is 9.26. The first-order valence-corrected chi connectivity index (χ1v) is 8.79. The maximum atomic E-state index is 11.8. The van der Waals surface area contributed by atoms with E-state index >= 15 is 0 Å². The summed E-state index contributed by atoms with van der Waals surface area (Å²) in [5.74, 6) is -0.176. The predicted octanol–water partition coefficient (Wildman–Crippen LogP) is 2.78. The van der Waals surface area contributed by atoms with Gasteiger partial charge in [-0.25, -0.2) is 4.79 Å². The summed E-state index contributed by atoms with van der Waals surface area (Å²) in [4.78, 5) is 12.9. The number of esters is 1. The molecule has 120 valence electrons. The normalized spacial score (nSPS) is 10.8. The number of aliphatic hydroxyl groups is 1. The standard InChI is InChI=1S/C16H28NO3S/c1-3-4-5-6-7-8-11-20-16(19)12-17-13-21-15(9-10-18)14(17)2/h13,18H,3-12H2,1-2H3/q+1. The van der Waals surface area contributed by atoms with Crippen molar-refractivity contribution < 1.29 is 19.2 Å². The molecule has 1 N–H and O–H groups in total. The molecule has 0 saturated heterocycles. The molecular weight excluding hydrogens is 286 g/mol. The fourth-order valence-electron chi connectivity index (χ4n) is 2.20. The van der Waals surface area contributed by atoms with Gasteiger partial charge in [0.1, 0.15) is 0 Å².